The van der Waals surface area contributed by atoms with E-state index >= 15 is 0 Å². The maximum absolute atomic E-state index is 10.5. The summed E-state index contributed by atoms with van der Waals surface area (Å²) in [5, 5.41) is 0. The van der Waals surface area contributed by atoms with Crippen LogP contribution in [0.3, 0.4) is 0 Å². The molecule has 13 heavy (non-hydrogen) atoms. The Kier molecular flexibility index (Phi) is 5.40. The highest BCUT2D eigenvalue weighted by molar-refractivity contribution is 7.51. The zero-order chi connectivity index (χ0) is 9.03. The minimum atomic E-state index is -3.85. The third-order valence-electron chi connectivity index (χ3n) is 1.43. The molecule has 1 aromatic heterocycles. The van der Waals surface area contributed by atoms with Gasteiger partial charge in [0.2, 0.25) is 0 Å². The Morgan fingerprint density at radius 2 is 1.69 bits per heavy atom. The van der Waals surface area contributed by atoms with Gasteiger partial charge >= 0.3 is 7.60 Å². The molecule has 0 bridgehead atoms. The molecule has 0 spiro atoms. The minimum Gasteiger partial charge on any atom is -1.00 e. The number of rotatable bonds is 3. The first-order valence-corrected chi connectivity index (χ1v) is 5.36. The van der Waals surface area contributed by atoms with Gasteiger partial charge in [0.1, 0.15) is 6.16 Å². The molecular weight excluding hydrogens is 257 g/mol. The van der Waals surface area contributed by atoms with E-state index in [0.29, 0.717) is 6.54 Å². The van der Waals surface area contributed by atoms with Gasteiger partial charge in [-0.1, -0.05) is 6.07 Å². The van der Waals surface area contributed by atoms with Crippen LogP contribution in [0.4, 0.5) is 0 Å². The van der Waals surface area contributed by atoms with Gasteiger partial charge in [-0.05, 0) is 0 Å². The van der Waals surface area contributed by atoms with E-state index in [4.69, 9.17) is 9.79 Å². The van der Waals surface area contributed by atoms with E-state index in [9.17, 15) is 4.57 Å². The Morgan fingerprint density at radius 1 is 1.15 bits per heavy atom. The third-order valence-corrected chi connectivity index (χ3v) is 2.21. The van der Waals surface area contributed by atoms with E-state index in [0.717, 1.165) is 0 Å². The van der Waals surface area contributed by atoms with Gasteiger partial charge in [0.25, 0.3) is 0 Å². The lowest BCUT2D eigenvalue weighted by Gasteiger charge is -1.99. The number of hydrogen-bond donors (Lipinski definition) is 2. The maximum Gasteiger partial charge on any atom is 0.331 e. The maximum atomic E-state index is 10.5. The van der Waals surface area contributed by atoms with Crippen LogP contribution in [0.2, 0.25) is 0 Å². The van der Waals surface area contributed by atoms with Crippen LogP contribution in [0.1, 0.15) is 0 Å². The number of aromatic nitrogens is 1. The van der Waals surface area contributed by atoms with Crippen molar-refractivity contribution in [2.45, 2.75) is 6.54 Å². The minimum absolute atomic E-state index is 0. The summed E-state index contributed by atoms with van der Waals surface area (Å²) in [5.74, 6) is 0. The molecule has 0 amide bonds. The highest BCUT2D eigenvalue weighted by atomic mass is 79.9. The molecule has 1 aromatic rings. The van der Waals surface area contributed by atoms with Crippen molar-refractivity contribution >= 4 is 7.60 Å². The van der Waals surface area contributed by atoms with Crippen molar-refractivity contribution in [1.29, 1.82) is 0 Å². The van der Waals surface area contributed by atoms with Crippen molar-refractivity contribution in [3.63, 3.8) is 0 Å². The van der Waals surface area contributed by atoms with Gasteiger partial charge in [-0.15, -0.1) is 0 Å². The normalized spacial score (nSPS) is 10.6. The van der Waals surface area contributed by atoms with Gasteiger partial charge in [0.15, 0.2) is 18.9 Å². The topological polar surface area (TPSA) is 61.4 Å². The first-order valence-electron chi connectivity index (χ1n) is 3.56. The Labute approximate surface area is 87.2 Å². The van der Waals surface area contributed by atoms with Crippen LogP contribution in [-0.2, 0) is 11.1 Å². The van der Waals surface area contributed by atoms with Crippen LogP contribution in [0.15, 0.2) is 30.6 Å². The van der Waals surface area contributed by atoms with Crippen molar-refractivity contribution in [2.24, 2.45) is 0 Å². The molecule has 0 radical (unpaired) electrons. The fourth-order valence-corrected chi connectivity index (χ4v) is 1.32. The van der Waals surface area contributed by atoms with Crippen LogP contribution in [0.25, 0.3) is 0 Å². The lowest BCUT2D eigenvalue weighted by Crippen LogP contribution is -3.00. The van der Waals surface area contributed by atoms with Crippen LogP contribution in [-0.4, -0.2) is 15.9 Å². The van der Waals surface area contributed by atoms with Gasteiger partial charge in [-0.3, -0.25) is 4.57 Å². The van der Waals surface area contributed by atoms with Crippen molar-refractivity contribution in [1.82, 2.24) is 0 Å². The quantitative estimate of drug-likeness (QED) is 0.458. The molecule has 0 saturated carbocycles. The highest BCUT2D eigenvalue weighted by Crippen LogP contribution is 2.33. The summed E-state index contributed by atoms with van der Waals surface area (Å²) in [6.07, 6.45) is 3.44. The fourth-order valence-electron chi connectivity index (χ4n) is 0.829. The summed E-state index contributed by atoms with van der Waals surface area (Å²) in [4.78, 5) is 17.2. The molecule has 1 rings (SSSR count). The van der Waals surface area contributed by atoms with Gasteiger partial charge < -0.3 is 26.8 Å². The number of hydrogen-bond acceptors (Lipinski definition) is 1. The first-order chi connectivity index (χ1) is 5.58. The van der Waals surface area contributed by atoms with Crippen molar-refractivity contribution in [2.75, 3.05) is 6.16 Å². The molecule has 6 heteroatoms. The molecule has 0 aliphatic rings. The first kappa shape index (κ1) is 12.8. The van der Waals surface area contributed by atoms with Crippen LogP contribution >= 0.6 is 7.60 Å². The predicted octanol–water partition coefficient (Wildman–Crippen LogP) is -2.84. The zero-order valence-electron chi connectivity index (χ0n) is 6.88. The summed E-state index contributed by atoms with van der Waals surface area (Å²) in [5.41, 5.74) is 0. The number of aryl methyl sites for hydroxylation is 1. The van der Waals surface area contributed by atoms with Crippen molar-refractivity contribution in [3.05, 3.63) is 30.6 Å². The molecule has 0 aromatic carbocycles. The third kappa shape index (κ3) is 5.93. The van der Waals surface area contributed by atoms with Crippen molar-refractivity contribution < 1.29 is 35.9 Å². The van der Waals surface area contributed by atoms with Gasteiger partial charge in [-0.2, -0.15) is 0 Å². The number of halogens is 1. The van der Waals surface area contributed by atoms with E-state index in [1.165, 1.54) is 0 Å². The van der Waals surface area contributed by atoms with E-state index in [-0.39, 0.29) is 23.1 Å². The molecular formula is C7H11BrNO3P. The van der Waals surface area contributed by atoms with E-state index in [1.807, 2.05) is 18.2 Å². The molecule has 0 aliphatic heterocycles. The molecule has 0 atom stereocenters. The fraction of sp³-hybridized carbons (Fsp3) is 0.286. The average molecular weight is 268 g/mol. The predicted molar refractivity (Wildman–Crippen MR) is 43.5 cm³/mol. The van der Waals surface area contributed by atoms with Crippen LogP contribution in [0, 0.1) is 0 Å². The summed E-state index contributed by atoms with van der Waals surface area (Å²) in [6, 6.07) is 5.49. The van der Waals surface area contributed by atoms with Gasteiger partial charge in [-0.25, -0.2) is 4.57 Å². The average Bonchev–Trinajstić information content (AvgIpc) is 2.02. The molecule has 0 unspecified atom stereocenters. The van der Waals surface area contributed by atoms with Crippen molar-refractivity contribution in [3.8, 4) is 0 Å². The second kappa shape index (κ2) is 5.50. The Balaban J connectivity index is 0.00000144. The van der Waals surface area contributed by atoms with Gasteiger partial charge in [0, 0.05) is 12.1 Å². The molecule has 0 fully saturated rings. The Bertz CT molecular complexity index is 287. The standard InChI is InChI=1S/C7H10NO3P.BrH/c9-12(10,11)7-6-8-4-2-1-3-5-8;/h1-5H,6-7H2,(H-,9,10,11);1H. The van der Waals surface area contributed by atoms with E-state index < -0.39 is 7.60 Å². The summed E-state index contributed by atoms with van der Waals surface area (Å²) in [6.45, 7) is 0.352. The Morgan fingerprint density at radius 3 is 2.15 bits per heavy atom. The highest BCUT2D eigenvalue weighted by Gasteiger charge is 2.15. The SMILES string of the molecule is O=P(O)(O)CC[n+]1ccccc1.[Br-]. The molecule has 4 nitrogen and oxygen atoms in total. The Hall–Kier alpha value is -0.220. The van der Waals surface area contributed by atoms with Crippen LogP contribution < -0.4 is 21.5 Å². The lowest BCUT2D eigenvalue weighted by molar-refractivity contribution is -0.692. The second-order valence-corrected chi connectivity index (χ2v) is 4.28. The molecule has 2 N–H and O–H groups in total. The van der Waals surface area contributed by atoms with Crippen LogP contribution in [0.5, 0.6) is 0 Å². The zero-order valence-corrected chi connectivity index (χ0v) is 9.36. The number of nitrogens with zero attached hydrogens (tertiary/aromatic N) is 1. The molecule has 1 heterocycles. The summed E-state index contributed by atoms with van der Waals surface area (Å²) < 4.78 is 12.2. The summed E-state index contributed by atoms with van der Waals surface area (Å²) >= 11 is 0. The largest absolute Gasteiger partial charge is 1.00 e. The molecule has 74 valence electrons. The van der Waals surface area contributed by atoms with Gasteiger partial charge in [0.05, 0.1) is 0 Å². The molecule has 0 saturated heterocycles. The van der Waals surface area contributed by atoms with E-state index in [2.05, 4.69) is 0 Å². The monoisotopic (exact) mass is 267 g/mol. The van der Waals surface area contributed by atoms with E-state index in [1.54, 1.807) is 17.0 Å². The summed E-state index contributed by atoms with van der Waals surface area (Å²) in [7, 11) is -3.85. The number of pyridine rings is 1. The molecule has 0 aliphatic carbocycles. The smallest absolute Gasteiger partial charge is 0.331 e. The second-order valence-electron chi connectivity index (χ2n) is 2.50. The lowest BCUT2D eigenvalue weighted by atomic mass is 10.5.